The maximum absolute atomic E-state index is 13.3. The highest BCUT2D eigenvalue weighted by atomic mass is 32.2. The van der Waals surface area contributed by atoms with E-state index in [0.29, 0.717) is 52.5 Å². The number of hydrogen-bond donors (Lipinski definition) is 2. The Labute approximate surface area is 308 Å². The number of sulfonamides is 2. The van der Waals surface area contributed by atoms with Crippen molar-refractivity contribution in [2.75, 3.05) is 52.7 Å². The molecule has 53 heavy (non-hydrogen) atoms. The zero-order valence-corrected chi connectivity index (χ0v) is 30.8. The summed E-state index contributed by atoms with van der Waals surface area (Å²) in [5, 5.41) is 11.9. The molecule has 0 amide bonds. The van der Waals surface area contributed by atoms with E-state index in [-0.39, 0.29) is 22.9 Å². The third-order valence-electron chi connectivity index (χ3n) is 9.82. The van der Waals surface area contributed by atoms with Gasteiger partial charge in [-0.2, -0.15) is 0 Å². The van der Waals surface area contributed by atoms with E-state index in [9.17, 15) is 16.8 Å². The fourth-order valence-electron chi connectivity index (χ4n) is 7.34. The first-order valence-electron chi connectivity index (χ1n) is 17.9. The molecule has 2 N–H and O–H groups in total. The largest absolute Gasteiger partial charge is 0.379 e. The lowest BCUT2D eigenvalue weighted by Gasteiger charge is -2.14. The minimum absolute atomic E-state index is 0.258. The quantitative estimate of drug-likeness (QED) is 0.0687. The van der Waals surface area contributed by atoms with Crippen molar-refractivity contribution < 1.29 is 31.0 Å². The average Bonchev–Trinajstić information content (AvgIpc) is 3.17. The smallest absolute Gasteiger partial charge is 0.241 e. The average molecular weight is 749 g/mol. The van der Waals surface area contributed by atoms with Crippen molar-refractivity contribution in [2.45, 2.75) is 22.6 Å². The van der Waals surface area contributed by atoms with Gasteiger partial charge in [-0.05, 0) is 78.8 Å². The van der Waals surface area contributed by atoms with Crippen molar-refractivity contribution in [2.24, 2.45) is 0 Å². The molecule has 0 aliphatic rings. The highest BCUT2D eigenvalue weighted by Crippen LogP contribution is 2.38. The van der Waals surface area contributed by atoms with E-state index in [1.807, 2.05) is 84.9 Å². The van der Waals surface area contributed by atoms with Crippen molar-refractivity contribution in [3.05, 3.63) is 109 Å². The van der Waals surface area contributed by atoms with Crippen LogP contribution in [0, 0.1) is 0 Å². The predicted octanol–water partition coefficient (Wildman–Crippen LogP) is 7.57. The molecular formula is C42H40N2O7S2. The van der Waals surface area contributed by atoms with Gasteiger partial charge in [0.05, 0.1) is 36.2 Å². The molecule has 0 unspecified atom stereocenters. The highest BCUT2D eigenvalue weighted by Gasteiger charge is 2.21. The molecule has 272 valence electrons. The molecule has 8 aromatic carbocycles. The molecule has 0 heterocycles. The van der Waals surface area contributed by atoms with Gasteiger partial charge in [0.25, 0.3) is 0 Å². The van der Waals surface area contributed by atoms with Crippen LogP contribution in [-0.2, 0) is 34.3 Å². The first kappa shape index (κ1) is 35.6. The van der Waals surface area contributed by atoms with Crippen LogP contribution in [-0.4, -0.2) is 69.6 Å². The summed E-state index contributed by atoms with van der Waals surface area (Å²) < 4.78 is 75.4. The first-order chi connectivity index (χ1) is 25.8. The van der Waals surface area contributed by atoms with Gasteiger partial charge in [0.2, 0.25) is 20.0 Å². The van der Waals surface area contributed by atoms with E-state index in [0.717, 1.165) is 64.6 Å². The van der Waals surface area contributed by atoms with Gasteiger partial charge in [-0.25, -0.2) is 26.3 Å². The Morgan fingerprint density at radius 1 is 0.377 bits per heavy atom. The molecule has 0 bridgehead atoms. The van der Waals surface area contributed by atoms with Crippen molar-refractivity contribution in [3.63, 3.8) is 0 Å². The number of rotatable bonds is 18. The minimum Gasteiger partial charge on any atom is -0.379 e. The normalized spacial score (nSPS) is 12.8. The summed E-state index contributed by atoms with van der Waals surface area (Å²) in [7, 11) is -7.43. The Hall–Kier alpha value is -4.46. The molecule has 0 radical (unpaired) electrons. The predicted molar refractivity (Wildman–Crippen MR) is 212 cm³/mol. The summed E-state index contributed by atoms with van der Waals surface area (Å²) in [6, 6.07) is 35.3. The standard InChI is InChI=1S/C42H40N2O7S2/c45-52(46,37-19-15-33-11-9-29-5-1-7-31-13-17-35(37)41(33)39(29)31)43-21-3-23-49-25-27-51-28-26-50-24-4-22-44-53(47,48)38-20-16-34-12-10-30-6-2-8-32-14-18-36(38)42(34)40(30)32/h1-2,5-20,43-44H,3-4,21-28H2. The fourth-order valence-corrected chi connectivity index (χ4v) is 9.90. The molecular weight excluding hydrogens is 709 g/mol. The Bertz CT molecular complexity index is 2550. The van der Waals surface area contributed by atoms with E-state index < -0.39 is 20.0 Å². The van der Waals surface area contributed by atoms with Gasteiger partial charge >= 0.3 is 0 Å². The van der Waals surface area contributed by atoms with Gasteiger partial charge in [0.15, 0.2) is 0 Å². The summed E-state index contributed by atoms with van der Waals surface area (Å²) in [4.78, 5) is 0.557. The van der Waals surface area contributed by atoms with Crippen LogP contribution in [0.3, 0.4) is 0 Å². The second-order valence-electron chi connectivity index (χ2n) is 13.2. The summed E-state index contributed by atoms with van der Waals surface area (Å²) in [6.07, 6.45) is 1.04. The number of hydrogen-bond acceptors (Lipinski definition) is 7. The van der Waals surface area contributed by atoms with Crippen LogP contribution in [0.25, 0.3) is 64.6 Å². The maximum atomic E-state index is 13.3. The topological polar surface area (TPSA) is 120 Å². The van der Waals surface area contributed by atoms with Gasteiger partial charge < -0.3 is 14.2 Å². The Morgan fingerprint density at radius 3 is 1.09 bits per heavy atom. The number of nitrogens with one attached hydrogen (secondary N) is 2. The lowest BCUT2D eigenvalue weighted by Crippen LogP contribution is -2.26. The summed E-state index contributed by atoms with van der Waals surface area (Å²) in [5.74, 6) is 0. The van der Waals surface area contributed by atoms with Crippen molar-refractivity contribution in [1.29, 1.82) is 0 Å². The van der Waals surface area contributed by atoms with Crippen LogP contribution in [0.5, 0.6) is 0 Å². The third kappa shape index (κ3) is 7.14. The van der Waals surface area contributed by atoms with E-state index >= 15 is 0 Å². The molecule has 0 aliphatic heterocycles. The molecule has 0 fully saturated rings. The number of benzene rings is 8. The molecule has 0 atom stereocenters. The van der Waals surface area contributed by atoms with Crippen LogP contribution in [0.4, 0.5) is 0 Å². The summed E-state index contributed by atoms with van der Waals surface area (Å²) >= 11 is 0. The summed E-state index contributed by atoms with van der Waals surface area (Å²) in [6.45, 7) is 2.84. The molecule has 8 aromatic rings. The second-order valence-corrected chi connectivity index (χ2v) is 16.6. The monoisotopic (exact) mass is 748 g/mol. The Morgan fingerprint density at radius 2 is 0.698 bits per heavy atom. The molecule has 0 saturated heterocycles. The maximum Gasteiger partial charge on any atom is 0.241 e. The Kier molecular flexibility index (Phi) is 10.1. The Balaban J connectivity index is 0.708. The highest BCUT2D eigenvalue weighted by molar-refractivity contribution is 7.90. The second kappa shape index (κ2) is 15.1. The van der Waals surface area contributed by atoms with Crippen LogP contribution >= 0.6 is 0 Å². The molecule has 0 spiro atoms. The molecule has 0 saturated carbocycles. The molecule has 11 heteroatoms. The van der Waals surface area contributed by atoms with Crippen LogP contribution in [0.15, 0.2) is 119 Å². The van der Waals surface area contributed by atoms with E-state index in [1.54, 1.807) is 12.1 Å². The van der Waals surface area contributed by atoms with Crippen LogP contribution in [0.1, 0.15) is 12.8 Å². The van der Waals surface area contributed by atoms with Gasteiger partial charge in [0.1, 0.15) is 0 Å². The zero-order chi connectivity index (χ0) is 36.4. The fraction of sp³-hybridized carbons (Fsp3) is 0.238. The van der Waals surface area contributed by atoms with Crippen LogP contribution < -0.4 is 9.44 Å². The molecule has 0 aliphatic carbocycles. The van der Waals surface area contributed by atoms with Crippen molar-refractivity contribution >= 4 is 84.7 Å². The van der Waals surface area contributed by atoms with E-state index in [4.69, 9.17) is 14.2 Å². The zero-order valence-electron chi connectivity index (χ0n) is 29.1. The van der Waals surface area contributed by atoms with Crippen LogP contribution in [0.2, 0.25) is 0 Å². The first-order valence-corrected chi connectivity index (χ1v) is 20.8. The summed E-state index contributed by atoms with van der Waals surface area (Å²) in [5.41, 5.74) is 0. The van der Waals surface area contributed by atoms with Gasteiger partial charge in [-0.15, -0.1) is 0 Å². The molecule has 0 aromatic heterocycles. The number of ether oxygens (including phenoxy) is 3. The van der Waals surface area contributed by atoms with E-state index in [2.05, 4.69) is 21.6 Å². The van der Waals surface area contributed by atoms with E-state index in [1.165, 1.54) is 0 Å². The minimum atomic E-state index is -3.72. The van der Waals surface area contributed by atoms with Gasteiger partial charge in [0, 0.05) is 37.1 Å². The third-order valence-corrected chi connectivity index (χ3v) is 12.9. The lowest BCUT2D eigenvalue weighted by atomic mass is 9.94. The molecule has 9 nitrogen and oxygen atoms in total. The van der Waals surface area contributed by atoms with Crippen molar-refractivity contribution in [1.82, 2.24) is 9.44 Å². The van der Waals surface area contributed by atoms with Gasteiger partial charge in [-0.3, -0.25) is 0 Å². The SMILES string of the molecule is O=S(=O)(NCCCOCCOCCOCCCNS(=O)(=O)c1ccc2ccc3cccc4ccc1c2c34)c1ccc2ccc3cccc4ccc1c2c34. The molecule has 8 rings (SSSR count). The lowest BCUT2D eigenvalue weighted by molar-refractivity contribution is 0.0141. The van der Waals surface area contributed by atoms with Gasteiger partial charge in [-0.1, -0.05) is 97.1 Å². The van der Waals surface area contributed by atoms with Crippen molar-refractivity contribution in [3.8, 4) is 0 Å².